The summed E-state index contributed by atoms with van der Waals surface area (Å²) in [7, 11) is 0. The maximum Gasteiger partial charge on any atom is 0.393 e. The Labute approximate surface area is 87.1 Å². The molecular formula is C12H13F3. The normalized spacial score (nSPS) is 16.7. The minimum absolute atomic E-state index is 0.349. The van der Waals surface area contributed by atoms with E-state index in [4.69, 9.17) is 0 Å². The Bertz CT molecular complexity index is 320. The molecular weight excluding hydrogens is 201 g/mol. The molecule has 0 saturated heterocycles. The second-order valence-corrected chi connectivity index (χ2v) is 4.26. The van der Waals surface area contributed by atoms with Gasteiger partial charge in [0.2, 0.25) is 0 Å². The molecule has 1 fully saturated rings. The summed E-state index contributed by atoms with van der Waals surface area (Å²) in [5.41, 5.74) is 1.51. The summed E-state index contributed by atoms with van der Waals surface area (Å²) in [5, 5.41) is 0. The molecule has 82 valence electrons. The summed E-state index contributed by atoms with van der Waals surface area (Å²) >= 11 is 0. The van der Waals surface area contributed by atoms with Crippen LogP contribution in [-0.4, -0.2) is 6.18 Å². The molecule has 0 atom stereocenters. The van der Waals surface area contributed by atoms with E-state index < -0.39 is 12.6 Å². The highest BCUT2D eigenvalue weighted by Gasteiger charge is 2.27. The SMILES string of the molecule is FC(F)(F)Cc1ccc(CC2CC2)cc1. The molecule has 1 aromatic rings. The van der Waals surface area contributed by atoms with E-state index in [1.165, 1.54) is 12.8 Å². The van der Waals surface area contributed by atoms with E-state index in [1.54, 1.807) is 12.1 Å². The Morgan fingerprint density at radius 3 is 2.00 bits per heavy atom. The largest absolute Gasteiger partial charge is 0.393 e. The molecule has 0 amide bonds. The van der Waals surface area contributed by atoms with E-state index in [1.807, 2.05) is 12.1 Å². The quantitative estimate of drug-likeness (QED) is 0.719. The van der Waals surface area contributed by atoms with Gasteiger partial charge in [0.25, 0.3) is 0 Å². The van der Waals surface area contributed by atoms with Gasteiger partial charge in [-0.15, -0.1) is 0 Å². The molecule has 0 bridgehead atoms. The van der Waals surface area contributed by atoms with Crippen molar-refractivity contribution in [3.8, 4) is 0 Å². The van der Waals surface area contributed by atoms with Gasteiger partial charge in [0.15, 0.2) is 0 Å². The average Bonchev–Trinajstić information content (AvgIpc) is 2.90. The van der Waals surface area contributed by atoms with Gasteiger partial charge in [-0.2, -0.15) is 13.2 Å². The maximum atomic E-state index is 12.1. The first-order valence-corrected chi connectivity index (χ1v) is 5.17. The number of halogens is 3. The van der Waals surface area contributed by atoms with Crippen molar-refractivity contribution >= 4 is 0 Å². The topological polar surface area (TPSA) is 0 Å². The standard InChI is InChI=1S/C12H13F3/c13-12(14,15)8-11-5-3-10(4-6-11)7-9-1-2-9/h3-6,9H,1-2,7-8H2. The molecule has 0 unspecified atom stereocenters. The zero-order chi connectivity index (χ0) is 10.9. The summed E-state index contributed by atoms with van der Waals surface area (Å²) in [6, 6.07) is 6.81. The number of benzene rings is 1. The van der Waals surface area contributed by atoms with Gasteiger partial charge in [0, 0.05) is 0 Å². The van der Waals surface area contributed by atoms with E-state index >= 15 is 0 Å². The van der Waals surface area contributed by atoms with Gasteiger partial charge >= 0.3 is 6.18 Å². The van der Waals surface area contributed by atoms with Crippen LogP contribution in [0.2, 0.25) is 0 Å². The minimum atomic E-state index is -4.10. The highest BCUT2D eigenvalue weighted by atomic mass is 19.4. The average molecular weight is 214 g/mol. The van der Waals surface area contributed by atoms with Crippen molar-refractivity contribution in [2.24, 2.45) is 5.92 Å². The summed E-state index contributed by atoms with van der Waals surface area (Å²) in [6.45, 7) is 0. The summed E-state index contributed by atoms with van der Waals surface area (Å²) in [4.78, 5) is 0. The third-order valence-corrected chi connectivity index (χ3v) is 2.65. The molecule has 0 heterocycles. The van der Waals surface area contributed by atoms with Crippen molar-refractivity contribution in [1.82, 2.24) is 0 Å². The van der Waals surface area contributed by atoms with E-state index in [-0.39, 0.29) is 0 Å². The van der Waals surface area contributed by atoms with Gasteiger partial charge in [-0.05, 0) is 36.3 Å². The van der Waals surface area contributed by atoms with E-state index in [0.717, 1.165) is 17.9 Å². The molecule has 0 spiro atoms. The predicted molar refractivity (Wildman–Crippen MR) is 52.6 cm³/mol. The van der Waals surface area contributed by atoms with Crippen molar-refractivity contribution in [3.05, 3.63) is 35.4 Å². The third kappa shape index (κ3) is 3.57. The van der Waals surface area contributed by atoms with Crippen molar-refractivity contribution in [2.75, 3.05) is 0 Å². The van der Waals surface area contributed by atoms with Crippen LogP contribution in [0.4, 0.5) is 13.2 Å². The molecule has 1 aliphatic rings. The molecule has 1 aromatic carbocycles. The van der Waals surface area contributed by atoms with Crippen LogP contribution in [0.25, 0.3) is 0 Å². The summed E-state index contributed by atoms with van der Waals surface area (Å²) < 4.78 is 36.2. The molecule has 1 aliphatic carbocycles. The Kier molecular flexibility index (Phi) is 2.72. The van der Waals surface area contributed by atoms with Crippen molar-refractivity contribution < 1.29 is 13.2 Å². The zero-order valence-corrected chi connectivity index (χ0v) is 8.35. The summed E-state index contributed by atoms with van der Waals surface area (Å²) in [6.07, 6.45) is -1.37. The van der Waals surface area contributed by atoms with Crippen molar-refractivity contribution in [1.29, 1.82) is 0 Å². The number of hydrogen-bond acceptors (Lipinski definition) is 0. The molecule has 1 saturated carbocycles. The van der Waals surface area contributed by atoms with Crippen LogP contribution in [0.1, 0.15) is 24.0 Å². The number of alkyl halides is 3. The Morgan fingerprint density at radius 1 is 1.00 bits per heavy atom. The van der Waals surface area contributed by atoms with Gasteiger partial charge < -0.3 is 0 Å². The molecule has 0 nitrogen and oxygen atoms in total. The fraction of sp³-hybridized carbons (Fsp3) is 0.500. The molecule has 3 heteroatoms. The van der Waals surface area contributed by atoms with Crippen molar-refractivity contribution in [3.63, 3.8) is 0 Å². The first kappa shape index (κ1) is 10.5. The van der Waals surface area contributed by atoms with E-state index in [2.05, 4.69) is 0 Å². The van der Waals surface area contributed by atoms with Gasteiger partial charge in [-0.3, -0.25) is 0 Å². The first-order chi connectivity index (χ1) is 7.03. The second kappa shape index (κ2) is 3.87. The van der Waals surface area contributed by atoms with E-state index in [9.17, 15) is 13.2 Å². The van der Waals surface area contributed by atoms with Crippen LogP contribution in [0.15, 0.2) is 24.3 Å². The van der Waals surface area contributed by atoms with Gasteiger partial charge in [-0.25, -0.2) is 0 Å². The van der Waals surface area contributed by atoms with Gasteiger partial charge in [0.1, 0.15) is 0 Å². The molecule has 0 N–H and O–H groups in total. The smallest absolute Gasteiger partial charge is 0.171 e. The van der Waals surface area contributed by atoms with Crippen LogP contribution < -0.4 is 0 Å². The highest BCUT2D eigenvalue weighted by Crippen LogP contribution is 2.32. The lowest BCUT2D eigenvalue weighted by Crippen LogP contribution is -2.11. The lowest BCUT2D eigenvalue weighted by Gasteiger charge is -2.07. The molecule has 0 aromatic heterocycles. The lowest BCUT2D eigenvalue weighted by atomic mass is 10.1. The van der Waals surface area contributed by atoms with E-state index in [0.29, 0.717) is 5.56 Å². The van der Waals surface area contributed by atoms with Gasteiger partial charge in [0.05, 0.1) is 6.42 Å². The molecule has 0 aliphatic heterocycles. The Morgan fingerprint density at radius 2 is 1.53 bits per heavy atom. The Balaban J connectivity index is 1.96. The summed E-state index contributed by atoms with van der Waals surface area (Å²) in [5.74, 6) is 0.776. The fourth-order valence-corrected chi connectivity index (χ4v) is 1.68. The molecule has 0 radical (unpaired) electrons. The van der Waals surface area contributed by atoms with Crippen LogP contribution in [0.5, 0.6) is 0 Å². The van der Waals surface area contributed by atoms with Gasteiger partial charge in [-0.1, -0.05) is 24.3 Å². The molecule has 2 rings (SSSR count). The lowest BCUT2D eigenvalue weighted by molar-refractivity contribution is -0.127. The zero-order valence-electron chi connectivity index (χ0n) is 8.35. The number of hydrogen-bond donors (Lipinski definition) is 0. The predicted octanol–water partition coefficient (Wildman–Crippen LogP) is 3.74. The number of rotatable bonds is 3. The maximum absolute atomic E-state index is 12.1. The van der Waals surface area contributed by atoms with Crippen LogP contribution in [0, 0.1) is 5.92 Å². The Hall–Kier alpha value is -0.990. The first-order valence-electron chi connectivity index (χ1n) is 5.17. The van der Waals surface area contributed by atoms with Crippen LogP contribution >= 0.6 is 0 Å². The van der Waals surface area contributed by atoms with Crippen LogP contribution in [0.3, 0.4) is 0 Å². The fourth-order valence-electron chi connectivity index (χ4n) is 1.68. The van der Waals surface area contributed by atoms with Crippen LogP contribution in [-0.2, 0) is 12.8 Å². The second-order valence-electron chi connectivity index (χ2n) is 4.26. The highest BCUT2D eigenvalue weighted by molar-refractivity contribution is 5.24. The minimum Gasteiger partial charge on any atom is -0.171 e. The monoisotopic (exact) mass is 214 g/mol. The third-order valence-electron chi connectivity index (χ3n) is 2.65. The molecule has 15 heavy (non-hydrogen) atoms. The van der Waals surface area contributed by atoms with Crippen molar-refractivity contribution in [2.45, 2.75) is 31.9 Å².